The Balaban J connectivity index is 2.04. The van der Waals surface area contributed by atoms with Crippen molar-refractivity contribution in [3.8, 4) is 0 Å². The maximum atomic E-state index is 13.7. The Morgan fingerprint density at radius 1 is 1.09 bits per heavy atom. The highest BCUT2D eigenvalue weighted by molar-refractivity contribution is 7.88. The number of benzene rings is 2. The molecule has 1 atom stereocenters. The number of nitrogens with zero attached hydrogens (tertiary/aromatic N) is 3. The van der Waals surface area contributed by atoms with Gasteiger partial charge < -0.3 is 4.90 Å². The van der Waals surface area contributed by atoms with Crippen molar-refractivity contribution in [2.45, 2.75) is 38.7 Å². The van der Waals surface area contributed by atoms with Crippen LogP contribution >= 0.6 is 0 Å². The number of hydroxylamine groups is 2. The van der Waals surface area contributed by atoms with Crippen LogP contribution in [0, 0.1) is 6.92 Å². The number of hydrogen-bond donors (Lipinski definition) is 2. The van der Waals surface area contributed by atoms with Crippen LogP contribution in [0.2, 0.25) is 0 Å². The molecule has 3 rings (SSSR count). The molecule has 1 aliphatic rings. The zero-order valence-electron chi connectivity index (χ0n) is 17.7. The normalized spacial score (nSPS) is 17.8. The van der Waals surface area contributed by atoms with Crippen molar-refractivity contribution in [1.82, 2.24) is 9.53 Å². The van der Waals surface area contributed by atoms with E-state index in [4.69, 9.17) is 10.4 Å². The third-order valence-electron chi connectivity index (χ3n) is 5.68. The lowest BCUT2D eigenvalue weighted by Gasteiger charge is -2.33. The van der Waals surface area contributed by atoms with Crippen LogP contribution in [0.4, 0.5) is 18.9 Å². The van der Waals surface area contributed by atoms with Crippen LogP contribution in [0.15, 0.2) is 42.5 Å². The SMILES string of the molecule is Cc1ccccc1CN(c1ccc(CN(O)O)c(C(F)(F)F)c1)[C@H]1CCN(S(C)(=O)=O)C1. The second-order valence-corrected chi connectivity index (χ2v) is 9.97. The van der Waals surface area contributed by atoms with Gasteiger partial charge in [0.05, 0.1) is 18.4 Å². The van der Waals surface area contributed by atoms with E-state index in [0.717, 1.165) is 23.4 Å². The van der Waals surface area contributed by atoms with Crippen LogP contribution in [-0.2, 0) is 29.3 Å². The lowest BCUT2D eigenvalue weighted by molar-refractivity contribution is -0.314. The van der Waals surface area contributed by atoms with E-state index in [9.17, 15) is 21.6 Å². The Kier molecular flexibility index (Phi) is 7.15. The maximum Gasteiger partial charge on any atom is 0.416 e. The first-order valence-corrected chi connectivity index (χ1v) is 11.8. The molecular formula is C21H26F3N3O4S. The molecule has 11 heteroatoms. The van der Waals surface area contributed by atoms with Crippen LogP contribution in [0.3, 0.4) is 0 Å². The van der Waals surface area contributed by atoms with Gasteiger partial charge in [0, 0.05) is 31.4 Å². The second-order valence-electron chi connectivity index (χ2n) is 7.99. The molecule has 1 aliphatic heterocycles. The monoisotopic (exact) mass is 473 g/mol. The lowest BCUT2D eigenvalue weighted by Crippen LogP contribution is -2.38. The molecule has 0 spiro atoms. The van der Waals surface area contributed by atoms with Gasteiger partial charge in [-0.25, -0.2) is 12.7 Å². The van der Waals surface area contributed by atoms with Gasteiger partial charge in [0.25, 0.3) is 0 Å². The van der Waals surface area contributed by atoms with Gasteiger partial charge in [-0.05, 0) is 42.2 Å². The molecule has 1 saturated heterocycles. The summed E-state index contributed by atoms with van der Waals surface area (Å²) in [6.07, 6.45) is -3.11. The van der Waals surface area contributed by atoms with E-state index in [0.29, 0.717) is 19.5 Å². The highest BCUT2D eigenvalue weighted by Crippen LogP contribution is 2.37. The fraction of sp³-hybridized carbons (Fsp3) is 0.429. The van der Waals surface area contributed by atoms with Gasteiger partial charge in [-0.3, -0.25) is 10.4 Å². The summed E-state index contributed by atoms with van der Waals surface area (Å²) >= 11 is 0. The Morgan fingerprint density at radius 3 is 2.34 bits per heavy atom. The van der Waals surface area contributed by atoms with E-state index in [-0.39, 0.29) is 29.1 Å². The minimum Gasteiger partial charge on any atom is -0.363 e. The molecule has 7 nitrogen and oxygen atoms in total. The summed E-state index contributed by atoms with van der Waals surface area (Å²) in [4.78, 5) is 1.79. The molecular weight excluding hydrogens is 447 g/mol. The van der Waals surface area contributed by atoms with Crippen molar-refractivity contribution in [2.24, 2.45) is 0 Å². The Morgan fingerprint density at radius 2 is 1.78 bits per heavy atom. The summed E-state index contributed by atoms with van der Waals surface area (Å²) in [7, 11) is -3.42. The fourth-order valence-electron chi connectivity index (χ4n) is 3.97. The van der Waals surface area contributed by atoms with Gasteiger partial charge in [0.1, 0.15) is 0 Å². The molecule has 0 radical (unpaired) electrons. The zero-order chi connectivity index (χ0) is 23.7. The molecule has 2 aromatic rings. The smallest absolute Gasteiger partial charge is 0.363 e. The molecule has 0 aromatic heterocycles. The first-order chi connectivity index (χ1) is 14.9. The van der Waals surface area contributed by atoms with E-state index in [2.05, 4.69) is 0 Å². The van der Waals surface area contributed by atoms with Crippen LogP contribution < -0.4 is 4.90 Å². The number of alkyl halides is 3. The van der Waals surface area contributed by atoms with Crippen molar-refractivity contribution < 1.29 is 32.0 Å². The summed E-state index contributed by atoms with van der Waals surface area (Å²) in [5, 5.41) is 17.8. The van der Waals surface area contributed by atoms with E-state index in [1.165, 1.54) is 16.4 Å². The first-order valence-electron chi connectivity index (χ1n) is 9.98. The highest BCUT2D eigenvalue weighted by Gasteiger charge is 2.36. The van der Waals surface area contributed by atoms with Crippen LogP contribution in [0.1, 0.15) is 28.7 Å². The Bertz CT molecular complexity index is 1060. The standard InChI is InChI=1S/C21H26F3N3O4S/c1-15-5-3-4-6-16(15)12-26(19-9-10-25(14-19)32(2,30)31)18-8-7-17(13-27(28)29)20(11-18)21(22,23)24/h3-8,11,19,28-29H,9-10,12-14H2,1-2H3/t19-/m0/s1. The molecule has 32 heavy (non-hydrogen) atoms. The summed E-state index contributed by atoms with van der Waals surface area (Å²) in [5.74, 6) is 0. The number of anilines is 1. The summed E-state index contributed by atoms with van der Waals surface area (Å²) < 4.78 is 66.5. The minimum absolute atomic E-state index is 0.175. The van der Waals surface area contributed by atoms with Crippen LogP contribution in [-0.4, -0.2) is 53.8 Å². The number of aryl methyl sites for hydroxylation is 1. The summed E-state index contributed by atoms with van der Waals surface area (Å²) in [6, 6.07) is 10.9. The van der Waals surface area contributed by atoms with E-state index in [1.807, 2.05) is 31.2 Å². The number of hydrogen-bond acceptors (Lipinski definition) is 6. The molecule has 0 aliphatic carbocycles. The van der Waals surface area contributed by atoms with Crippen molar-refractivity contribution in [2.75, 3.05) is 24.2 Å². The van der Waals surface area contributed by atoms with Gasteiger partial charge in [-0.15, -0.1) is 0 Å². The largest absolute Gasteiger partial charge is 0.416 e. The quantitative estimate of drug-likeness (QED) is 0.598. The topological polar surface area (TPSA) is 84.3 Å². The van der Waals surface area contributed by atoms with Gasteiger partial charge in [0.15, 0.2) is 0 Å². The summed E-state index contributed by atoms with van der Waals surface area (Å²) in [5.41, 5.74) is 0.911. The number of sulfonamides is 1. The van der Waals surface area contributed by atoms with Crippen molar-refractivity contribution >= 4 is 15.7 Å². The second kappa shape index (κ2) is 9.36. The molecule has 0 saturated carbocycles. The fourth-order valence-corrected chi connectivity index (χ4v) is 4.85. The molecule has 0 unspecified atom stereocenters. The molecule has 2 aromatic carbocycles. The number of rotatable bonds is 7. The molecule has 1 fully saturated rings. The molecule has 1 heterocycles. The third kappa shape index (κ3) is 5.78. The maximum absolute atomic E-state index is 13.7. The van der Waals surface area contributed by atoms with Crippen molar-refractivity contribution in [3.05, 3.63) is 64.7 Å². The average molecular weight is 474 g/mol. The van der Waals surface area contributed by atoms with Gasteiger partial charge >= 0.3 is 6.18 Å². The van der Waals surface area contributed by atoms with Crippen LogP contribution in [0.25, 0.3) is 0 Å². The van der Waals surface area contributed by atoms with E-state index < -0.39 is 28.3 Å². The minimum atomic E-state index is -4.70. The average Bonchev–Trinajstić information content (AvgIpc) is 3.17. The van der Waals surface area contributed by atoms with Crippen molar-refractivity contribution in [3.63, 3.8) is 0 Å². The predicted molar refractivity (Wildman–Crippen MR) is 113 cm³/mol. The number of halogens is 3. The molecule has 0 bridgehead atoms. The van der Waals surface area contributed by atoms with Gasteiger partial charge in [-0.1, -0.05) is 35.6 Å². The first kappa shape index (κ1) is 24.5. The molecule has 2 N–H and O–H groups in total. The lowest BCUT2D eigenvalue weighted by atomic mass is 10.0. The van der Waals surface area contributed by atoms with E-state index in [1.54, 1.807) is 4.90 Å². The highest BCUT2D eigenvalue weighted by atomic mass is 32.2. The van der Waals surface area contributed by atoms with Crippen LogP contribution in [0.5, 0.6) is 0 Å². The Hall–Kier alpha value is -2.18. The summed E-state index contributed by atoms with van der Waals surface area (Å²) in [6.45, 7) is 1.97. The van der Waals surface area contributed by atoms with Gasteiger partial charge in [0.2, 0.25) is 10.0 Å². The van der Waals surface area contributed by atoms with Crippen molar-refractivity contribution in [1.29, 1.82) is 0 Å². The Labute approximate surface area is 185 Å². The predicted octanol–water partition coefficient (Wildman–Crippen LogP) is 3.63. The third-order valence-corrected chi connectivity index (χ3v) is 6.95. The molecule has 0 amide bonds. The molecule has 176 valence electrons. The van der Waals surface area contributed by atoms with Gasteiger partial charge in [-0.2, -0.15) is 13.2 Å². The van der Waals surface area contributed by atoms with E-state index >= 15 is 0 Å². The zero-order valence-corrected chi connectivity index (χ0v) is 18.6.